The number of sulfonamides is 1. The van der Waals surface area contributed by atoms with Gasteiger partial charge in [-0.1, -0.05) is 6.07 Å². The number of carbonyl (C=O) groups excluding carboxylic acids is 1. The van der Waals surface area contributed by atoms with Crippen LogP contribution in [0.1, 0.15) is 35.8 Å². The number of benzene rings is 1. The number of thiazole rings is 1. The van der Waals surface area contributed by atoms with Gasteiger partial charge in [-0.2, -0.15) is 4.31 Å². The van der Waals surface area contributed by atoms with Gasteiger partial charge in [-0.3, -0.25) is 4.79 Å². The summed E-state index contributed by atoms with van der Waals surface area (Å²) in [5, 5.41) is 4.75. The molecule has 1 N–H and O–H groups in total. The average Bonchev–Trinajstić information content (AvgIpc) is 3.26. The molecule has 0 spiro atoms. The summed E-state index contributed by atoms with van der Waals surface area (Å²) in [5.41, 5.74) is 3.04. The van der Waals surface area contributed by atoms with Gasteiger partial charge in [-0.05, 0) is 38.0 Å². The van der Waals surface area contributed by atoms with Crippen molar-refractivity contribution < 1.29 is 13.2 Å². The van der Waals surface area contributed by atoms with Gasteiger partial charge in [-0.15, -0.1) is 11.3 Å². The molecule has 1 aliphatic heterocycles. The normalized spacial score (nSPS) is 18.4. The van der Waals surface area contributed by atoms with Crippen molar-refractivity contribution in [2.75, 3.05) is 13.1 Å². The van der Waals surface area contributed by atoms with Crippen molar-refractivity contribution in [3.8, 4) is 0 Å². The van der Waals surface area contributed by atoms with Crippen molar-refractivity contribution in [3.63, 3.8) is 0 Å². The van der Waals surface area contributed by atoms with E-state index in [2.05, 4.69) is 10.3 Å². The molecule has 25 heavy (non-hydrogen) atoms. The minimum absolute atomic E-state index is 0.000550. The number of aromatic nitrogens is 1. The lowest BCUT2D eigenvalue weighted by molar-refractivity contribution is 0.0954. The van der Waals surface area contributed by atoms with Crippen LogP contribution in [0.2, 0.25) is 0 Å². The number of nitrogens with one attached hydrogen (secondary N) is 1. The zero-order chi connectivity index (χ0) is 17.9. The van der Waals surface area contributed by atoms with E-state index in [9.17, 15) is 13.2 Å². The maximum absolute atomic E-state index is 12.8. The second-order valence-electron chi connectivity index (χ2n) is 6.12. The lowest BCUT2D eigenvalue weighted by atomic mass is 10.2. The summed E-state index contributed by atoms with van der Waals surface area (Å²) < 4.78 is 27.1. The van der Waals surface area contributed by atoms with E-state index in [1.807, 2.05) is 12.3 Å². The summed E-state index contributed by atoms with van der Waals surface area (Å²) in [4.78, 5) is 16.6. The molecule has 1 aromatic carbocycles. The van der Waals surface area contributed by atoms with Crippen LogP contribution in [0.5, 0.6) is 0 Å². The van der Waals surface area contributed by atoms with Crippen LogP contribution in [0.15, 0.2) is 40.1 Å². The summed E-state index contributed by atoms with van der Waals surface area (Å²) in [6, 6.07) is 6.25. The van der Waals surface area contributed by atoms with Gasteiger partial charge in [0.15, 0.2) is 0 Å². The Labute approximate surface area is 151 Å². The van der Waals surface area contributed by atoms with Gasteiger partial charge in [0.25, 0.3) is 5.91 Å². The molecule has 1 aromatic heterocycles. The van der Waals surface area contributed by atoms with E-state index in [1.54, 1.807) is 23.7 Å². The highest BCUT2D eigenvalue weighted by Crippen LogP contribution is 2.26. The highest BCUT2D eigenvalue weighted by atomic mass is 32.2. The third kappa shape index (κ3) is 4.08. The van der Waals surface area contributed by atoms with Gasteiger partial charge in [0.2, 0.25) is 10.0 Å². The maximum Gasteiger partial charge on any atom is 0.251 e. The van der Waals surface area contributed by atoms with Crippen molar-refractivity contribution >= 4 is 27.3 Å². The average molecular weight is 380 g/mol. The monoisotopic (exact) mass is 379 g/mol. The van der Waals surface area contributed by atoms with Crippen LogP contribution < -0.4 is 5.32 Å². The molecule has 0 radical (unpaired) electrons. The molecule has 3 rings (SSSR count). The summed E-state index contributed by atoms with van der Waals surface area (Å²) in [6.07, 6.45) is 2.39. The molecule has 1 aliphatic rings. The summed E-state index contributed by atoms with van der Waals surface area (Å²) in [5.74, 6) is -0.276. The Hall–Kier alpha value is -1.77. The van der Waals surface area contributed by atoms with Gasteiger partial charge in [0, 0.05) is 36.5 Å². The lowest BCUT2D eigenvalue weighted by Gasteiger charge is -2.21. The fourth-order valence-electron chi connectivity index (χ4n) is 2.96. The number of carbonyl (C=O) groups is 1. The smallest absolute Gasteiger partial charge is 0.251 e. The predicted molar refractivity (Wildman–Crippen MR) is 97.2 cm³/mol. The number of nitrogens with zero attached hydrogens (tertiary/aromatic N) is 2. The van der Waals surface area contributed by atoms with Crippen molar-refractivity contribution in [1.29, 1.82) is 0 Å². The van der Waals surface area contributed by atoms with Crippen LogP contribution >= 0.6 is 11.3 Å². The Morgan fingerprint density at radius 1 is 1.44 bits per heavy atom. The fraction of sp³-hybridized carbons (Fsp3) is 0.412. The van der Waals surface area contributed by atoms with Gasteiger partial charge < -0.3 is 5.32 Å². The molecule has 1 atom stereocenters. The van der Waals surface area contributed by atoms with Gasteiger partial charge in [0.1, 0.15) is 0 Å². The standard InChI is InChI=1S/C17H21N3O3S2/c1-13-4-3-9-20(13)25(22,23)16-6-2-5-14(10-16)17(21)18-8-7-15-11-24-12-19-15/h2,5-6,10-13H,3-4,7-9H2,1H3,(H,18,21)/t13-/m0/s1. The summed E-state index contributed by atoms with van der Waals surface area (Å²) in [6.45, 7) is 2.91. The van der Waals surface area contributed by atoms with E-state index in [-0.39, 0.29) is 16.8 Å². The highest BCUT2D eigenvalue weighted by molar-refractivity contribution is 7.89. The van der Waals surface area contributed by atoms with E-state index < -0.39 is 10.0 Å². The van der Waals surface area contributed by atoms with Crippen LogP contribution in [0.4, 0.5) is 0 Å². The van der Waals surface area contributed by atoms with Crippen molar-refractivity contribution in [2.24, 2.45) is 0 Å². The topological polar surface area (TPSA) is 79.4 Å². The number of rotatable bonds is 6. The fourth-order valence-corrected chi connectivity index (χ4v) is 5.30. The zero-order valence-electron chi connectivity index (χ0n) is 14.0. The third-order valence-corrected chi connectivity index (χ3v) is 6.99. The van der Waals surface area contributed by atoms with Crippen molar-refractivity contribution in [1.82, 2.24) is 14.6 Å². The molecule has 134 valence electrons. The Balaban J connectivity index is 1.69. The number of amides is 1. The molecule has 2 aromatic rings. The van der Waals surface area contributed by atoms with E-state index in [0.717, 1.165) is 18.5 Å². The number of hydrogen-bond donors (Lipinski definition) is 1. The highest BCUT2D eigenvalue weighted by Gasteiger charge is 2.32. The minimum atomic E-state index is -3.56. The number of hydrogen-bond acceptors (Lipinski definition) is 5. The zero-order valence-corrected chi connectivity index (χ0v) is 15.6. The van der Waals surface area contributed by atoms with Gasteiger partial charge in [-0.25, -0.2) is 13.4 Å². The molecule has 0 aliphatic carbocycles. The van der Waals surface area contributed by atoms with Crippen molar-refractivity contribution in [3.05, 3.63) is 46.4 Å². The molecule has 0 saturated carbocycles. The Morgan fingerprint density at radius 3 is 2.96 bits per heavy atom. The van der Waals surface area contributed by atoms with Crippen LogP contribution in [0, 0.1) is 0 Å². The maximum atomic E-state index is 12.8. The van der Waals surface area contributed by atoms with Gasteiger partial charge in [0.05, 0.1) is 16.1 Å². The van der Waals surface area contributed by atoms with E-state index in [0.29, 0.717) is 25.1 Å². The Kier molecular flexibility index (Phi) is 5.51. The largest absolute Gasteiger partial charge is 0.352 e. The first kappa shape index (κ1) is 18.0. The van der Waals surface area contributed by atoms with E-state index >= 15 is 0 Å². The molecule has 0 unspecified atom stereocenters. The SMILES string of the molecule is C[C@H]1CCCN1S(=O)(=O)c1cccc(C(=O)NCCc2cscn2)c1. The molecule has 1 amide bonds. The summed E-state index contributed by atoms with van der Waals surface area (Å²) in [7, 11) is -3.56. The summed E-state index contributed by atoms with van der Waals surface area (Å²) >= 11 is 1.52. The first-order valence-electron chi connectivity index (χ1n) is 8.25. The van der Waals surface area contributed by atoms with Crippen LogP contribution in [-0.4, -0.2) is 42.7 Å². The van der Waals surface area contributed by atoms with Gasteiger partial charge >= 0.3 is 0 Å². The van der Waals surface area contributed by atoms with E-state index in [1.165, 1.54) is 21.7 Å². The molecular formula is C17H21N3O3S2. The third-order valence-electron chi connectivity index (χ3n) is 4.34. The van der Waals surface area contributed by atoms with Crippen molar-refractivity contribution in [2.45, 2.75) is 37.1 Å². The lowest BCUT2D eigenvalue weighted by Crippen LogP contribution is -2.34. The predicted octanol–water partition coefficient (Wildman–Crippen LogP) is 2.29. The van der Waals surface area contributed by atoms with Crippen LogP contribution in [-0.2, 0) is 16.4 Å². The van der Waals surface area contributed by atoms with Crippen LogP contribution in [0.3, 0.4) is 0 Å². The molecule has 1 saturated heterocycles. The molecular weight excluding hydrogens is 358 g/mol. The Morgan fingerprint density at radius 2 is 2.28 bits per heavy atom. The molecule has 2 heterocycles. The molecule has 6 nitrogen and oxygen atoms in total. The Bertz CT molecular complexity index is 835. The second kappa shape index (κ2) is 7.63. The van der Waals surface area contributed by atoms with E-state index in [4.69, 9.17) is 0 Å². The van der Waals surface area contributed by atoms with Crippen LogP contribution in [0.25, 0.3) is 0 Å². The molecule has 1 fully saturated rings. The first-order chi connectivity index (χ1) is 12.0. The quantitative estimate of drug-likeness (QED) is 0.835. The first-order valence-corrected chi connectivity index (χ1v) is 10.6. The second-order valence-corrected chi connectivity index (χ2v) is 8.73. The minimum Gasteiger partial charge on any atom is -0.352 e. The molecule has 0 bridgehead atoms. The molecule has 8 heteroatoms.